The first kappa shape index (κ1) is 20.1. The van der Waals surface area contributed by atoms with Crippen molar-refractivity contribution < 1.29 is 14.4 Å². The van der Waals surface area contributed by atoms with Gasteiger partial charge in [0.15, 0.2) is 0 Å². The Hall–Kier alpha value is -3.19. The van der Waals surface area contributed by atoms with E-state index in [0.29, 0.717) is 29.2 Å². The molecular formula is C22H21ClN4O3. The Kier molecular flexibility index (Phi) is 5.55. The molecule has 0 radical (unpaired) electrons. The van der Waals surface area contributed by atoms with Crippen molar-refractivity contribution in [2.75, 3.05) is 0 Å². The second-order valence-corrected chi connectivity index (χ2v) is 8.02. The molecule has 2 aromatic heterocycles. The zero-order valence-electron chi connectivity index (χ0n) is 16.7. The van der Waals surface area contributed by atoms with E-state index in [-0.39, 0.29) is 6.42 Å². The molecule has 0 saturated heterocycles. The zero-order valence-corrected chi connectivity index (χ0v) is 17.4. The van der Waals surface area contributed by atoms with Crippen molar-refractivity contribution in [3.05, 3.63) is 53.2 Å². The second-order valence-electron chi connectivity index (χ2n) is 7.61. The highest BCUT2D eigenvalue weighted by Crippen LogP contribution is 2.29. The van der Waals surface area contributed by atoms with Crippen LogP contribution in [0.1, 0.15) is 25.8 Å². The summed E-state index contributed by atoms with van der Waals surface area (Å²) in [4.78, 5) is 15.3. The van der Waals surface area contributed by atoms with Crippen LogP contribution in [0.5, 0.6) is 0 Å². The molecule has 0 spiro atoms. The number of nitrogens with zero attached hydrogens (tertiary/aromatic N) is 4. The molecule has 4 aromatic rings. The number of rotatable bonds is 7. The van der Waals surface area contributed by atoms with Gasteiger partial charge in [-0.25, -0.2) is 0 Å². The van der Waals surface area contributed by atoms with Crippen molar-refractivity contribution in [2.45, 2.75) is 33.2 Å². The Morgan fingerprint density at radius 1 is 1.20 bits per heavy atom. The second kappa shape index (κ2) is 8.28. The number of aliphatic carboxylic acids is 1. The first-order valence-electron chi connectivity index (χ1n) is 9.71. The molecule has 8 heteroatoms. The van der Waals surface area contributed by atoms with E-state index in [1.165, 1.54) is 0 Å². The van der Waals surface area contributed by atoms with Crippen molar-refractivity contribution >= 4 is 28.5 Å². The first-order chi connectivity index (χ1) is 14.4. The first-order valence-corrected chi connectivity index (χ1v) is 10.1. The van der Waals surface area contributed by atoms with Crippen molar-refractivity contribution in [3.8, 4) is 22.8 Å². The molecular weight excluding hydrogens is 404 g/mol. The smallest absolute Gasteiger partial charge is 0.305 e. The summed E-state index contributed by atoms with van der Waals surface area (Å²) in [5.74, 6) is 0.534. The van der Waals surface area contributed by atoms with Crippen LogP contribution in [-0.4, -0.2) is 31.0 Å². The molecule has 0 aliphatic heterocycles. The van der Waals surface area contributed by atoms with Crippen LogP contribution in [-0.2, 0) is 17.8 Å². The van der Waals surface area contributed by atoms with Gasteiger partial charge in [0.2, 0.25) is 5.82 Å². The Balaban J connectivity index is 1.58. The van der Waals surface area contributed by atoms with Crippen LogP contribution in [0.2, 0.25) is 5.02 Å². The van der Waals surface area contributed by atoms with E-state index in [4.69, 9.17) is 21.2 Å². The van der Waals surface area contributed by atoms with Gasteiger partial charge in [-0.15, -0.1) is 0 Å². The average Bonchev–Trinajstić information content (AvgIpc) is 3.34. The van der Waals surface area contributed by atoms with Crippen molar-refractivity contribution in [1.82, 2.24) is 19.9 Å². The Labute approximate surface area is 178 Å². The molecule has 0 bridgehead atoms. The van der Waals surface area contributed by atoms with Crippen LogP contribution in [0.15, 0.2) is 47.1 Å². The normalized spacial score (nSPS) is 11.5. The van der Waals surface area contributed by atoms with Gasteiger partial charge in [-0.1, -0.05) is 36.7 Å². The summed E-state index contributed by atoms with van der Waals surface area (Å²) in [6.07, 6.45) is 2.63. The van der Waals surface area contributed by atoms with Gasteiger partial charge in [-0.05, 0) is 48.2 Å². The standard InChI is InChI=1S/C22H21ClN4O3/c1-13(2)9-14-3-4-16(11-18(14)23)22-25-21(26-30-22)15-5-6-19-17(10-15)12-24-27(19)8-7-20(28)29/h3-6,10-13H,7-9H2,1-2H3,(H,28,29). The maximum atomic E-state index is 10.8. The van der Waals surface area contributed by atoms with Gasteiger partial charge in [-0.2, -0.15) is 10.1 Å². The van der Waals surface area contributed by atoms with E-state index in [1.54, 1.807) is 10.9 Å². The highest BCUT2D eigenvalue weighted by atomic mass is 35.5. The minimum Gasteiger partial charge on any atom is -0.481 e. The molecule has 7 nitrogen and oxygen atoms in total. The van der Waals surface area contributed by atoms with Gasteiger partial charge in [0.05, 0.1) is 24.7 Å². The average molecular weight is 425 g/mol. The van der Waals surface area contributed by atoms with Gasteiger partial charge in [-0.3, -0.25) is 9.48 Å². The highest BCUT2D eigenvalue weighted by molar-refractivity contribution is 6.31. The maximum absolute atomic E-state index is 10.8. The van der Waals surface area contributed by atoms with E-state index in [2.05, 4.69) is 29.1 Å². The number of hydrogen-bond donors (Lipinski definition) is 1. The third kappa shape index (κ3) is 4.21. The van der Waals surface area contributed by atoms with Crippen LogP contribution in [0.3, 0.4) is 0 Å². The van der Waals surface area contributed by atoms with Crippen LogP contribution >= 0.6 is 11.6 Å². The monoisotopic (exact) mass is 424 g/mol. The van der Waals surface area contributed by atoms with Gasteiger partial charge in [0.25, 0.3) is 5.89 Å². The molecule has 0 fully saturated rings. The molecule has 1 N–H and O–H groups in total. The van der Waals surface area contributed by atoms with E-state index in [1.807, 2.05) is 36.4 Å². The number of aryl methyl sites for hydroxylation is 1. The number of carbonyl (C=O) groups is 1. The molecule has 0 aliphatic carbocycles. The van der Waals surface area contributed by atoms with E-state index >= 15 is 0 Å². The minimum absolute atomic E-state index is 0.0191. The number of halogens is 1. The molecule has 0 atom stereocenters. The van der Waals surface area contributed by atoms with Gasteiger partial charge in [0.1, 0.15) is 0 Å². The predicted octanol–water partition coefficient (Wildman–Crippen LogP) is 5.08. The summed E-state index contributed by atoms with van der Waals surface area (Å²) < 4.78 is 7.13. The van der Waals surface area contributed by atoms with Crippen molar-refractivity contribution in [2.24, 2.45) is 5.92 Å². The summed E-state index contributed by atoms with van der Waals surface area (Å²) in [5.41, 5.74) is 3.52. The third-order valence-corrected chi connectivity index (χ3v) is 5.14. The fourth-order valence-electron chi connectivity index (χ4n) is 3.35. The number of hydrogen-bond acceptors (Lipinski definition) is 5. The Morgan fingerprint density at radius 3 is 2.73 bits per heavy atom. The molecule has 0 aliphatic rings. The summed E-state index contributed by atoms with van der Waals surface area (Å²) in [7, 11) is 0. The summed E-state index contributed by atoms with van der Waals surface area (Å²) in [5, 5.41) is 18.8. The van der Waals surface area contributed by atoms with Crippen molar-refractivity contribution in [3.63, 3.8) is 0 Å². The molecule has 2 aromatic carbocycles. The van der Waals surface area contributed by atoms with Crippen LogP contribution < -0.4 is 0 Å². The lowest BCUT2D eigenvalue weighted by Crippen LogP contribution is -2.05. The lowest BCUT2D eigenvalue weighted by molar-refractivity contribution is -0.137. The molecule has 4 rings (SSSR count). The number of aromatic nitrogens is 4. The summed E-state index contributed by atoms with van der Waals surface area (Å²) >= 11 is 6.42. The number of fused-ring (bicyclic) bond motifs is 1. The molecule has 2 heterocycles. The van der Waals surface area contributed by atoms with E-state index in [0.717, 1.165) is 34.0 Å². The van der Waals surface area contributed by atoms with Crippen molar-refractivity contribution in [1.29, 1.82) is 0 Å². The van der Waals surface area contributed by atoms with Gasteiger partial charge in [0, 0.05) is 21.5 Å². The lowest BCUT2D eigenvalue weighted by Gasteiger charge is -2.07. The fraction of sp³-hybridized carbons (Fsp3) is 0.273. The lowest BCUT2D eigenvalue weighted by atomic mass is 10.0. The highest BCUT2D eigenvalue weighted by Gasteiger charge is 2.14. The molecule has 0 amide bonds. The topological polar surface area (TPSA) is 94.0 Å². The van der Waals surface area contributed by atoms with Crippen LogP contribution in [0.4, 0.5) is 0 Å². The fourth-order valence-corrected chi connectivity index (χ4v) is 3.61. The quantitative estimate of drug-likeness (QED) is 0.444. The molecule has 0 unspecified atom stereocenters. The summed E-state index contributed by atoms with van der Waals surface area (Å²) in [6, 6.07) is 11.5. The Morgan fingerprint density at radius 2 is 2.00 bits per heavy atom. The minimum atomic E-state index is -0.855. The van der Waals surface area contributed by atoms with E-state index < -0.39 is 5.97 Å². The summed E-state index contributed by atoms with van der Waals surface area (Å²) in [6.45, 7) is 4.63. The largest absolute Gasteiger partial charge is 0.481 e. The zero-order chi connectivity index (χ0) is 21.3. The van der Waals surface area contributed by atoms with Gasteiger partial charge < -0.3 is 9.63 Å². The Bertz CT molecular complexity index is 1210. The maximum Gasteiger partial charge on any atom is 0.305 e. The number of carboxylic acids is 1. The SMILES string of the molecule is CC(C)Cc1ccc(-c2nc(-c3ccc4c(cnn4CCC(=O)O)c3)no2)cc1Cl. The van der Waals surface area contributed by atoms with E-state index in [9.17, 15) is 4.79 Å². The molecule has 0 saturated carbocycles. The molecule has 154 valence electrons. The van der Waals surface area contributed by atoms with Gasteiger partial charge >= 0.3 is 5.97 Å². The number of benzene rings is 2. The van der Waals surface area contributed by atoms with Crippen LogP contribution in [0.25, 0.3) is 33.7 Å². The predicted molar refractivity (Wildman–Crippen MR) is 114 cm³/mol. The van der Waals surface area contributed by atoms with Crippen LogP contribution in [0, 0.1) is 5.92 Å². The third-order valence-electron chi connectivity index (χ3n) is 4.79. The molecule has 30 heavy (non-hydrogen) atoms. The number of carboxylic acid groups (broad SMARTS) is 1.